The molecule has 0 bridgehead atoms. The Bertz CT molecular complexity index is 381. The molecule has 1 aromatic carbocycles. The zero-order valence-corrected chi connectivity index (χ0v) is 13.4. The van der Waals surface area contributed by atoms with E-state index in [1.165, 1.54) is 18.4 Å². The molecule has 0 aliphatic carbocycles. The van der Waals surface area contributed by atoms with Crippen molar-refractivity contribution in [1.82, 2.24) is 4.90 Å². The molecule has 0 heterocycles. The first-order valence-electron chi connectivity index (χ1n) is 7.78. The van der Waals surface area contributed by atoms with E-state index in [2.05, 4.69) is 50.9 Å². The van der Waals surface area contributed by atoms with Crippen molar-refractivity contribution < 1.29 is 4.74 Å². The summed E-state index contributed by atoms with van der Waals surface area (Å²) in [5.74, 6) is 0.944. The van der Waals surface area contributed by atoms with Gasteiger partial charge in [0.05, 0.1) is 6.61 Å². The van der Waals surface area contributed by atoms with Crippen LogP contribution in [-0.4, -0.2) is 31.1 Å². The Balaban J connectivity index is 2.83. The lowest BCUT2D eigenvalue weighted by molar-refractivity contribution is 0.179. The van der Waals surface area contributed by atoms with Gasteiger partial charge >= 0.3 is 0 Å². The van der Waals surface area contributed by atoms with Crippen molar-refractivity contribution in [2.45, 2.75) is 52.1 Å². The standard InChI is InChI=1S/C17H30N2O/c1-5-8-14(3)19(4)17(13-18)15-9-7-10-16(12-15)20-11-6-2/h7,9-10,12,14,17H,5-6,8,11,13,18H2,1-4H3. The lowest BCUT2D eigenvalue weighted by Gasteiger charge is -2.33. The molecular formula is C17H30N2O. The smallest absolute Gasteiger partial charge is 0.119 e. The fourth-order valence-electron chi connectivity index (χ4n) is 2.50. The summed E-state index contributed by atoms with van der Waals surface area (Å²) in [6.07, 6.45) is 3.42. The van der Waals surface area contributed by atoms with Gasteiger partial charge in [0.25, 0.3) is 0 Å². The van der Waals surface area contributed by atoms with Crippen molar-refractivity contribution in [2.24, 2.45) is 5.73 Å². The van der Waals surface area contributed by atoms with Crippen LogP contribution in [0, 0.1) is 0 Å². The predicted octanol–water partition coefficient (Wildman–Crippen LogP) is 3.60. The normalized spacial score (nSPS) is 14.3. The molecule has 3 nitrogen and oxygen atoms in total. The zero-order chi connectivity index (χ0) is 15.0. The highest BCUT2D eigenvalue weighted by Crippen LogP contribution is 2.25. The second-order valence-corrected chi connectivity index (χ2v) is 5.48. The Morgan fingerprint density at radius 3 is 2.60 bits per heavy atom. The third kappa shape index (κ3) is 4.80. The minimum atomic E-state index is 0.252. The number of hydrogen-bond acceptors (Lipinski definition) is 3. The molecule has 1 rings (SSSR count). The molecule has 0 aliphatic heterocycles. The predicted molar refractivity (Wildman–Crippen MR) is 86.2 cm³/mol. The van der Waals surface area contributed by atoms with Gasteiger partial charge in [-0.05, 0) is 44.5 Å². The van der Waals surface area contributed by atoms with Gasteiger partial charge in [-0.2, -0.15) is 0 Å². The molecule has 2 unspecified atom stereocenters. The third-order valence-electron chi connectivity index (χ3n) is 3.83. The number of hydrogen-bond donors (Lipinski definition) is 1. The Kier molecular flexibility index (Phi) is 7.63. The first kappa shape index (κ1) is 17.0. The van der Waals surface area contributed by atoms with Gasteiger partial charge in [-0.1, -0.05) is 32.4 Å². The van der Waals surface area contributed by atoms with Gasteiger partial charge in [0.15, 0.2) is 0 Å². The van der Waals surface area contributed by atoms with Crippen molar-refractivity contribution >= 4 is 0 Å². The van der Waals surface area contributed by atoms with E-state index in [1.807, 2.05) is 6.07 Å². The van der Waals surface area contributed by atoms with Crippen LogP contribution < -0.4 is 10.5 Å². The van der Waals surface area contributed by atoms with Gasteiger partial charge in [-0.15, -0.1) is 0 Å². The molecule has 0 saturated carbocycles. The number of rotatable bonds is 9. The fourth-order valence-corrected chi connectivity index (χ4v) is 2.50. The van der Waals surface area contributed by atoms with Gasteiger partial charge in [0.1, 0.15) is 5.75 Å². The monoisotopic (exact) mass is 278 g/mol. The highest BCUT2D eigenvalue weighted by atomic mass is 16.5. The molecule has 2 N–H and O–H groups in total. The van der Waals surface area contributed by atoms with E-state index < -0.39 is 0 Å². The van der Waals surface area contributed by atoms with Crippen LogP contribution in [0.5, 0.6) is 5.75 Å². The van der Waals surface area contributed by atoms with Gasteiger partial charge in [-0.3, -0.25) is 4.90 Å². The van der Waals surface area contributed by atoms with Crippen LogP contribution in [0.15, 0.2) is 24.3 Å². The van der Waals surface area contributed by atoms with Crippen LogP contribution in [0.3, 0.4) is 0 Å². The highest BCUT2D eigenvalue weighted by Gasteiger charge is 2.20. The van der Waals surface area contributed by atoms with Crippen molar-refractivity contribution in [3.8, 4) is 5.75 Å². The van der Waals surface area contributed by atoms with Gasteiger partial charge in [0, 0.05) is 18.6 Å². The number of nitrogens with zero attached hydrogens (tertiary/aromatic N) is 1. The van der Waals surface area contributed by atoms with E-state index in [-0.39, 0.29) is 6.04 Å². The summed E-state index contributed by atoms with van der Waals surface area (Å²) >= 11 is 0. The molecule has 20 heavy (non-hydrogen) atoms. The average Bonchev–Trinajstić information content (AvgIpc) is 2.46. The lowest BCUT2D eigenvalue weighted by Crippen LogP contribution is -2.37. The van der Waals surface area contributed by atoms with Crippen LogP contribution >= 0.6 is 0 Å². The molecule has 0 fully saturated rings. The fraction of sp³-hybridized carbons (Fsp3) is 0.647. The molecule has 0 radical (unpaired) electrons. The maximum atomic E-state index is 6.01. The Labute approximate surface area is 124 Å². The molecule has 114 valence electrons. The average molecular weight is 278 g/mol. The Morgan fingerprint density at radius 2 is 2.00 bits per heavy atom. The summed E-state index contributed by atoms with van der Waals surface area (Å²) < 4.78 is 5.72. The summed E-state index contributed by atoms with van der Waals surface area (Å²) in [6.45, 7) is 8.00. The summed E-state index contributed by atoms with van der Waals surface area (Å²) in [6, 6.07) is 9.13. The first-order valence-corrected chi connectivity index (χ1v) is 7.78. The van der Waals surface area contributed by atoms with Crippen LogP contribution in [0.4, 0.5) is 0 Å². The summed E-state index contributed by atoms with van der Waals surface area (Å²) in [7, 11) is 2.16. The lowest BCUT2D eigenvalue weighted by atomic mass is 10.0. The number of ether oxygens (including phenoxy) is 1. The number of benzene rings is 1. The molecule has 2 atom stereocenters. The van der Waals surface area contributed by atoms with Crippen molar-refractivity contribution in [1.29, 1.82) is 0 Å². The highest BCUT2D eigenvalue weighted by molar-refractivity contribution is 5.31. The molecule has 1 aromatic rings. The second-order valence-electron chi connectivity index (χ2n) is 5.48. The molecule has 0 amide bonds. The van der Waals surface area contributed by atoms with Gasteiger partial charge in [-0.25, -0.2) is 0 Å². The van der Waals surface area contributed by atoms with Crippen LogP contribution in [0.25, 0.3) is 0 Å². The Hall–Kier alpha value is -1.06. The minimum absolute atomic E-state index is 0.252. The van der Waals surface area contributed by atoms with E-state index in [4.69, 9.17) is 10.5 Å². The Morgan fingerprint density at radius 1 is 1.25 bits per heavy atom. The first-order chi connectivity index (χ1) is 9.63. The van der Waals surface area contributed by atoms with E-state index in [1.54, 1.807) is 0 Å². The summed E-state index contributed by atoms with van der Waals surface area (Å²) in [5.41, 5.74) is 7.25. The zero-order valence-electron chi connectivity index (χ0n) is 13.4. The summed E-state index contributed by atoms with van der Waals surface area (Å²) in [4.78, 5) is 2.38. The van der Waals surface area contributed by atoms with Crippen LogP contribution in [-0.2, 0) is 0 Å². The quantitative estimate of drug-likeness (QED) is 0.750. The van der Waals surface area contributed by atoms with E-state index >= 15 is 0 Å². The molecule has 0 aliphatic rings. The minimum Gasteiger partial charge on any atom is -0.494 e. The maximum Gasteiger partial charge on any atom is 0.119 e. The van der Waals surface area contributed by atoms with Crippen molar-refractivity contribution in [3.05, 3.63) is 29.8 Å². The second kappa shape index (κ2) is 8.98. The molecule has 3 heteroatoms. The number of nitrogens with two attached hydrogens (primary N) is 1. The van der Waals surface area contributed by atoms with Crippen LogP contribution in [0.1, 0.15) is 51.6 Å². The maximum absolute atomic E-state index is 6.01. The van der Waals surface area contributed by atoms with E-state index in [0.717, 1.165) is 18.8 Å². The topological polar surface area (TPSA) is 38.5 Å². The molecule has 0 spiro atoms. The van der Waals surface area contributed by atoms with Crippen LogP contribution in [0.2, 0.25) is 0 Å². The van der Waals surface area contributed by atoms with Crippen molar-refractivity contribution in [3.63, 3.8) is 0 Å². The van der Waals surface area contributed by atoms with Gasteiger partial charge < -0.3 is 10.5 Å². The number of likely N-dealkylation sites (N-methyl/N-ethyl adjacent to an activating group) is 1. The summed E-state index contributed by atoms with van der Waals surface area (Å²) in [5, 5.41) is 0. The largest absolute Gasteiger partial charge is 0.494 e. The molecule has 0 saturated heterocycles. The molecule has 0 aromatic heterocycles. The van der Waals surface area contributed by atoms with E-state index in [0.29, 0.717) is 12.6 Å². The van der Waals surface area contributed by atoms with Crippen molar-refractivity contribution in [2.75, 3.05) is 20.2 Å². The molecular weight excluding hydrogens is 248 g/mol. The SMILES string of the molecule is CCCOc1cccc(C(CN)N(C)C(C)CCC)c1. The van der Waals surface area contributed by atoms with E-state index in [9.17, 15) is 0 Å². The third-order valence-corrected chi connectivity index (χ3v) is 3.83. The van der Waals surface area contributed by atoms with Gasteiger partial charge in [0.2, 0.25) is 0 Å².